The number of hydrogen-bond acceptors (Lipinski definition) is 8. The van der Waals surface area contributed by atoms with Crippen molar-refractivity contribution >= 4 is 5.91 Å². The van der Waals surface area contributed by atoms with Gasteiger partial charge in [0.15, 0.2) is 6.29 Å². The molecule has 1 heterocycles. The molecule has 0 radical (unpaired) electrons. The lowest BCUT2D eigenvalue weighted by Gasteiger charge is -2.40. The van der Waals surface area contributed by atoms with Crippen molar-refractivity contribution in [3.63, 3.8) is 0 Å². The van der Waals surface area contributed by atoms with E-state index in [0.717, 1.165) is 44.9 Å². The van der Waals surface area contributed by atoms with Crippen LogP contribution >= 0.6 is 0 Å². The monoisotopic (exact) mass is 806 g/mol. The SMILES string of the molecule is CC/C=C\C/C=C\C/C=C\C/C=C\CCC(=O)NC(COC1OC(CO)C(O)C(O)C1O)C(O)CCCCCCCCCCCCCCCCCCCCCCC. The Hall–Kier alpha value is -1.85. The van der Waals surface area contributed by atoms with E-state index in [0.29, 0.717) is 12.8 Å². The van der Waals surface area contributed by atoms with Crippen LogP contribution in [0.5, 0.6) is 0 Å². The second-order valence-corrected chi connectivity index (χ2v) is 16.2. The molecule has 0 aliphatic carbocycles. The fourth-order valence-corrected chi connectivity index (χ4v) is 7.23. The van der Waals surface area contributed by atoms with Crippen molar-refractivity contribution in [1.82, 2.24) is 5.32 Å². The Morgan fingerprint density at radius 2 is 1.05 bits per heavy atom. The highest BCUT2D eigenvalue weighted by Gasteiger charge is 2.44. The molecular weight excluding hydrogens is 719 g/mol. The van der Waals surface area contributed by atoms with Crippen LogP contribution in [0.15, 0.2) is 48.6 Å². The Bertz CT molecular complexity index is 1030. The first kappa shape index (κ1) is 53.2. The van der Waals surface area contributed by atoms with Gasteiger partial charge in [-0.15, -0.1) is 0 Å². The second-order valence-electron chi connectivity index (χ2n) is 16.2. The van der Waals surface area contributed by atoms with Crippen LogP contribution in [0.4, 0.5) is 0 Å². The van der Waals surface area contributed by atoms with Crippen molar-refractivity contribution in [2.75, 3.05) is 13.2 Å². The third-order valence-electron chi connectivity index (χ3n) is 11.0. The maximum absolute atomic E-state index is 12.9. The minimum atomic E-state index is -1.57. The molecule has 1 amide bonds. The van der Waals surface area contributed by atoms with Gasteiger partial charge in [0.1, 0.15) is 24.4 Å². The number of aliphatic hydroxyl groups excluding tert-OH is 5. The Morgan fingerprint density at radius 3 is 1.51 bits per heavy atom. The summed E-state index contributed by atoms with van der Waals surface area (Å²) >= 11 is 0. The van der Waals surface area contributed by atoms with Gasteiger partial charge in [-0.1, -0.05) is 197 Å². The maximum Gasteiger partial charge on any atom is 0.220 e. The zero-order chi connectivity index (χ0) is 41.6. The van der Waals surface area contributed by atoms with Gasteiger partial charge >= 0.3 is 0 Å². The lowest BCUT2D eigenvalue weighted by Crippen LogP contribution is -2.60. The molecule has 1 rings (SSSR count). The summed E-state index contributed by atoms with van der Waals surface area (Å²) in [4.78, 5) is 12.9. The summed E-state index contributed by atoms with van der Waals surface area (Å²) in [5, 5.41) is 54.3. The van der Waals surface area contributed by atoms with Gasteiger partial charge in [-0.3, -0.25) is 4.79 Å². The molecule has 0 aromatic rings. The van der Waals surface area contributed by atoms with Gasteiger partial charge in [0, 0.05) is 6.42 Å². The molecule has 1 aliphatic rings. The van der Waals surface area contributed by atoms with E-state index in [2.05, 4.69) is 55.6 Å². The summed E-state index contributed by atoms with van der Waals surface area (Å²) in [6.07, 6.45) is 41.4. The van der Waals surface area contributed by atoms with Crippen LogP contribution in [0.1, 0.15) is 194 Å². The van der Waals surface area contributed by atoms with E-state index >= 15 is 0 Å². The summed E-state index contributed by atoms with van der Waals surface area (Å²) in [6, 6.07) is -0.757. The quantitative estimate of drug-likeness (QED) is 0.0267. The third-order valence-corrected chi connectivity index (χ3v) is 11.0. The van der Waals surface area contributed by atoms with Crippen molar-refractivity contribution in [2.24, 2.45) is 0 Å². The average Bonchev–Trinajstić information content (AvgIpc) is 3.21. The van der Waals surface area contributed by atoms with E-state index in [-0.39, 0.29) is 18.9 Å². The average molecular weight is 806 g/mol. The Balaban J connectivity index is 2.32. The lowest BCUT2D eigenvalue weighted by atomic mass is 9.99. The lowest BCUT2D eigenvalue weighted by molar-refractivity contribution is -0.302. The molecule has 1 fully saturated rings. The van der Waals surface area contributed by atoms with Crippen LogP contribution in [0.3, 0.4) is 0 Å². The number of carbonyl (C=O) groups excluding carboxylic acids is 1. The number of amides is 1. The van der Waals surface area contributed by atoms with Crippen molar-refractivity contribution < 1.29 is 39.8 Å². The van der Waals surface area contributed by atoms with Crippen LogP contribution in [0.25, 0.3) is 0 Å². The van der Waals surface area contributed by atoms with Crippen LogP contribution in [0.2, 0.25) is 0 Å². The fourth-order valence-electron chi connectivity index (χ4n) is 7.23. The Morgan fingerprint density at radius 1 is 0.614 bits per heavy atom. The zero-order valence-corrected chi connectivity index (χ0v) is 36.3. The van der Waals surface area contributed by atoms with E-state index < -0.39 is 49.5 Å². The summed E-state index contributed by atoms with van der Waals surface area (Å²) in [6.45, 7) is 3.67. The summed E-state index contributed by atoms with van der Waals surface area (Å²) in [7, 11) is 0. The zero-order valence-electron chi connectivity index (χ0n) is 36.3. The molecule has 0 spiro atoms. The molecule has 9 nitrogen and oxygen atoms in total. The molecule has 0 aromatic heterocycles. The van der Waals surface area contributed by atoms with Crippen LogP contribution in [0, 0.1) is 0 Å². The number of aliphatic hydroxyl groups is 5. The number of allylic oxidation sites excluding steroid dienone is 8. The number of rotatable bonds is 38. The van der Waals surface area contributed by atoms with Gasteiger partial charge in [-0.05, 0) is 38.5 Å². The number of nitrogens with one attached hydrogen (secondary N) is 1. The number of unbranched alkanes of at least 4 members (excludes halogenated alkanes) is 20. The van der Waals surface area contributed by atoms with Gasteiger partial charge in [0.05, 0.1) is 25.4 Å². The predicted molar refractivity (Wildman–Crippen MR) is 235 cm³/mol. The van der Waals surface area contributed by atoms with Crippen molar-refractivity contribution in [3.8, 4) is 0 Å². The molecular formula is C48H87NO8. The minimum absolute atomic E-state index is 0.168. The van der Waals surface area contributed by atoms with Crippen molar-refractivity contribution in [2.45, 2.75) is 236 Å². The van der Waals surface area contributed by atoms with E-state index in [1.54, 1.807) is 0 Å². The predicted octanol–water partition coefficient (Wildman–Crippen LogP) is 9.84. The van der Waals surface area contributed by atoms with Gasteiger partial charge in [-0.2, -0.15) is 0 Å². The molecule has 0 saturated carbocycles. The largest absolute Gasteiger partial charge is 0.394 e. The molecule has 0 bridgehead atoms. The highest BCUT2D eigenvalue weighted by Crippen LogP contribution is 2.23. The molecule has 6 N–H and O–H groups in total. The molecule has 1 aliphatic heterocycles. The van der Waals surface area contributed by atoms with Gasteiger partial charge in [0.2, 0.25) is 5.91 Å². The van der Waals surface area contributed by atoms with Crippen LogP contribution in [-0.2, 0) is 14.3 Å². The smallest absolute Gasteiger partial charge is 0.220 e. The minimum Gasteiger partial charge on any atom is -0.394 e. The molecule has 332 valence electrons. The first-order valence-corrected chi connectivity index (χ1v) is 23.3. The highest BCUT2D eigenvalue weighted by molar-refractivity contribution is 5.76. The third kappa shape index (κ3) is 29.1. The maximum atomic E-state index is 12.9. The van der Waals surface area contributed by atoms with Crippen LogP contribution in [-0.4, -0.2) is 87.5 Å². The van der Waals surface area contributed by atoms with E-state index in [9.17, 15) is 30.3 Å². The fraction of sp³-hybridized carbons (Fsp3) is 0.812. The first-order chi connectivity index (χ1) is 27.8. The summed E-state index contributed by atoms with van der Waals surface area (Å²) < 4.78 is 11.2. The molecule has 57 heavy (non-hydrogen) atoms. The molecule has 0 aromatic carbocycles. The Kier molecular flexibility index (Phi) is 35.8. The van der Waals surface area contributed by atoms with E-state index in [4.69, 9.17) is 9.47 Å². The van der Waals surface area contributed by atoms with E-state index in [1.165, 1.54) is 116 Å². The molecule has 1 saturated heterocycles. The Labute approximate surface area is 348 Å². The second kappa shape index (κ2) is 38.4. The highest BCUT2D eigenvalue weighted by atomic mass is 16.7. The molecule has 9 heteroatoms. The van der Waals surface area contributed by atoms with E-state index in [1.807, 2.05) is 12.2 Å². The van der Waals surface area contributed by atoms with Crippen LogP contribution < -0.4 is 5.32 Å². The number of carbonyl (C=O) groups is 1. The standard InChI is InChI=1S/C48H87NO8/c1-3-5-7-9-11-13-15-17-18-19-20-21-22-23-24-26-27-29-31-33-35-37-42(51)41(40-56-48-47(55)46(54)45(53)43(39-50)57-48)49-44(52)38-36-34-32-30-28-25-16-14-12-10-8-6-4-2/h6,8,12,14,25,28,32,34,41-43,45-48,50-51,53-55H,3-5,7,9-11,13,15-24,26-27,29-31,33,35-40H2,1-2H3,(H,49,52)/b8-6-,14-12-,28-25-,34-32-. The first-order valence-electron chi connectivity index (χ1n) is 23.3. The normalized spacial score (nSPS) is 21.4. The van der Waals surface area contributed by atoms with Gasteiger partial charge in [0.25, 0.3) is 0 Å². The number of ether oxygens (including phenoxy) is 2. The summed E-state index contributed by atoms with van der Waals surface area (Å²) in [5.74, 6) is -0.224. The number of hydrogen-bond donors (Lipinski definition) is 6. The van der Waals surface area contributed by atoms with Crippen molar-refractivity contribution in [1.29, 1.82) is 0 Å². The summed E-state index contributed by atoms with van der Waals surface area (Å²) in [5.41, 5.74) is 0. The van der Waals surface area contributed by atoms with Crippen molar-refractivity contribution in [3.05, 3.63) is 48.6 Å². The molecule has 7 atom stereocenters. The molecule has 7 unspecified atom stereocenters. The van der Waals surface area contributed by atoms with Gasteiger partial charge in [-0.25, -0.2) is 0 Å². The topological polar surface area (TPSA) is 149 Å². The van der Waals surface area contributed by atoms with Gasteiger partial charge < -0.3 is 40.3 Å².